The minimum atomic E-state index is -1.33. The summed E-state index contributed by atoms with van der Waals surface area (Å²) in [6, 6.07) is 8.64. The van der Waals surface area contributed by atoms with Crippen molar-refractivity contribution < 1.29 is 14.2 Å². The number of hydrogen-bond acceptors (Lipinski definition) is 3. The number of ether oxygens (including phenoxy) is 3. The first-order chi connectivity index (χ1) is 9.52. The van der Waals surface area contributed by atoms with Crippen molar-refractivity contribution in [1.29, 1.82) is 0 Å². The van der Waals surface area contributed by atoms with Gasteiger partial charge in [-0.2, -0.15) is 0 Å². The van der Waals surface area contributed by atoms with Crippen molar-refractivity contribution in [3.05, 3.63) is 29.8 Å². The molecule has 1 saturated heterocycles. The van der Waals surface area contributed by atoms with E-state index in [-0.39, 0.29) is 12.4 Å². The molecular weight excluding hydrogens is 268 g/mol. The molecule has 1 aliphatic rings. The maximum absolute atomic E-state index is 6.08. The Hall–Kier alpha value is -0.683. The maximum Gasteiger partial charge on any atom is 0.183 e. The number of benzene rings is 1. The van der Waals surface area contributed by atoms with E-state index in [4.69, 9.17) is 14.2 Å². The molecule has 0 amide bonds. The summed E-state index contributed by atoms with van der Waals surface area (Å²) in [7, 11) is 0.350. The highest BCUT2D eigenvalue weighted by atomic mass is 28.3. The molecule has 3 nitrogen and oxygen atoms in total. The van der Waals surface area contributed by atoms with Gasteiger partial charge in [-0.15, -0.1) is 0 Å². The summed E-state index contributed by atoms with van der Waals surface area (Å²) in [5.74, 6) is 0. The Kier molecular flexibility index (Phi) is 5.38. The van der Waals surface area contributed by atoms with Crippen molar-refractivity contribution in [3.8, 4) is 0 Å². The number of methoxy groups -OCH3 is 1. The van der Waals surface area contributed by atoms with Gasteiger partial charge in [0.05, 0.1) is 14.7 Å². The Morgan fingerprint density at radius 2 is 2.00 bits per heavy atom. The summed E-state index contributed by atoms with van der Waals surface area (Å²) in [6.07, 6.45) is 1.87. The van der Waals surface area contributed by atoms with Crippen LogP contribution in [0.5, 0.6) is 0 Å². The van der Waals surface area contributed by atoms with Gasteiger partial charge in [-0.05, 0) is 18.4 Å². The molecule has 0 N–H and O–H groups in total. The van der Waals surface area contributed by atoms with E-state index in [1.54, 1.807) is 7.11 Å². The molecule has 4 heteroatoms. The van der Waals surface area contributed by atoms with Crippen LogP contribution in [0.15, 0.2) is 24.3 Å². The first-order valence-electron chi connectivity index (χ1n) is 7.37. The molecule has 0 saturated carbocycles. The van der Waals surface area contributed by atoms with E-state index < -0.39 is 8.07 Å². The van der Waals surface area contributed by atoms with Gasteiger partial charge in [0.25, 0.3) is 0 Å². The van der Waals surface area contributed by atoms with Gasteiger partial charge in [0.2, 0.25) is 0 Å². The Bertz CT molecular complexity index is 428. The summed E-state index contributed by atoms with van der Waals surface area (Å²) in [4.78, 5) is 0. The zero-order chi connectivity index (χ0) is 14.6. The lowest BCUT2D eigenvalue weighted by Gasteiger charge is -2.31. The van der Waals surface area contributed by atoms with E-state index in [0.29, 0.717) is 6.61 Å². The van der Waals surface area contributed by atoms with Crippen molar-refractivity contribution in [3.63, 3.8) is 0 Å². The summed E-state index contributed by atoms with van der Waals surface area (Å²) < 4.78 is 17.0. The van der Waals surface area contributed by atoms with E-state index in [1.807, 2.05) is 0 Å². The van der Waals surface area contributed by atoms with Gasteiger partial charge in [-0.25, -0.2) is 0 Å². The van der Waals surface area contributed by atoms with Gasteiger partial charge in [-0.3, -0.25) is 0 Å². The molecule has 20 heavy (non-hydrogen) atoms. The van der Waals surface area contributed by atoms with Gasteiger partial charge < -0.3 is 14.2 Å². The van der Waals surface area contributed by atoms with E-state index in [0.717, 1.165) is 19.4 Å². The van der Waals surface area contributed by atoms with E-state index in [1.165, 1.54) is 10.8 Å². The lowest BCUT2D eigenvalue weighted by atomic mass is 10.1. The summed E-state index contributed by atoms with van der Waals surface area (Å²) >= 11 is 0. The topological polar surface area (TPSA) is 27.7 Å². The molecule has 2 atom stereocenters. The Morgan fingerprint density at radius 3 is 2.70 bits per heavy atom. The third-order valence-electron chi connectivity index (χ3n) is 3.73. The number of hydrogen-bond donors (Lipinski definition) is 0. The maximum atomic E-state index is 6.08. The van der Waals surface area contributed by atoms with Crippen molar-refractivity contribution in [2.45, 2.75) is 51.5 Å². The largest absolute Gasteiger partial charge is 0.368 e. The fraction of sp³-hybridized carbons (Fsp3) is 0.625. The van der Waals surface area contributed by atoms with Crippen LogP contribution in [0, 0.1) is 0 Å². The molecule has 0 spiro atoms. The molecule has 0 radical (unpaired) electrons. The van der Waals surface area contributed by atoms with Crippen LogP contribution in [0.4, 0.5) is 0 Å². The molecule has 1 aromatic carbocycles. The highest BCUT2D eigenvalue weighted by Gasteiger charge is 2.27. The molecule has 112 valence electrons. The monoisotopic (exact) mass is 294 g/mol. The van der Waals surface area contributed by atoms with Crippen molar-refractivity contribution >= 4 is 13.3 Å². The lowest BCUT2D eigenvalue weighted by molar-refractivity contribution is -0.218. The van der Waals surface area contributed by atoms with Gasteiger partial charge in [0.1, 0.15) is 6.10 Å². The van der Waals surface area contributed by atoms with Crippen LogP contribution < -0.4 is 5.19 Å². The Balaban J connectivity index is 2.03. The van der Waals surface area contributed by atoms with Crippen LogP contribution in [0.1, 0.15) is 18.4 Å². The average molecular weight is 294 g/mol. The van der Waals surface area contributed by atoms with Gasteiger partial charge in [0, 0.05) is 13.7 Å². The fourth-order valence-corrected chi connectivity index (χ4v) is 4.40. The lowest BCUT2D eigenvalue weighted by Crippen LogP contribution is -2.41. The van der Waals surface area contributed by atoms with Gasteiger partial charge in [-0.1, -0.05) is 49.1 Å². The van der Waals surface area contributed by atoms with Crippen LogP contribution in [0.25, 0.3) is 0 Å². The highest BCUT2D eigenvalue weighted by Crippen LogP contribution is 2.19. The molecule has 0 bridgehead atoms. The molecule has 1 heterocycles. The molecule has 2 rings (SSSR count). The quantitative estimate of drug-likeness (QED) is 0.782. The smallest absolute Gasteiger partial charge is 0.183 e. The Labute approximate surface area is 123 Å². The molecular formula is C16H26O3Si. The molecule has 1 fully saturated rings. The number of rotatable bonds is 5. The zero-order valence-electron chi connectivity index (χ0n) is 13.0. The second-order valence-electron chi connectivity index (χ2n) is 6.37. The molecule has 1 aromatic rings. The van der Waals surface area contributed by atoms with E-state index >= 15 is 0 Å². The second kappa shape index (κ2) is 6.85. The first kappa shape index (κ1) is 15.7. The van der Waals surface area contributed by atoms with Crippen molar-refractivity contribution in [2.75, 3.05) is 13.7 Å². The highest BCUT2D eigenvalue weighted by molar-refractivity contribution is 6.89. The van der Waals surface area contributed by atoms with Crippen molar-refractivity contribution in [2.24, 2.45) is 0 Å². The third-order valence-corrected chi connectivity index (χ3v) is 5.83. The molecule has 0 unspecified atom stereocenters. The van der Waals surface area contributed by atoms with E-state index in [2.05, 4.69) is 43.9 Å². The normalized spacial score (nSPS) is 23.8. The molecule has 0 aromatic heterocycles. The second-order valence-corrected chi connectivity index (χ2v) is 11.4. The minimum absolute atomic E-state index is 0.0449. The molecule has 1 aliphatic heterocycles. The summed E-state index contributed by atoms with van der Waals surface area (Å²) in [6.45, 7) is 8.52. The van der Waals surface area contributed by atoms with Crippen LogP contribution >= 0.6 is 0 Å². The summed E-state index contributed by atoms with van der Waals surface area (Å²) in [5.41, 5.74) is 1.31. The first-order valence-corrected chi connectivity index (χ1v) is 10.9. The SMILES string of the molecule is CO[C@H]1OCCC[C@@H]1OCc1ccccc1[Si](C)(C)C. The van der Waals surface area contributed by atoms with Gasteiger partial charge >= 0.3 is 0 Å². The minimum Gasteiger partial charge on any atom is -0.368 e. The van der Waals surface area contributed by atoms with Crippen LogP contribution in [-0.2, 0) is 20.8 Å². The van der Waals surface area contributed by atoms with E-state index in [9.17, 15) is 0 Å². The average Bonchev–Trinajstić information content (AvgIpc) is 2.44. The van der Waals surface area contributed by atoms with Gasteiger partial charge in [0.15, 0.2) is 6.29 Å². The Morgan fingerprint density at radius 1 is 1.25 bits per heavy atom. The van der Waals surface area contributed by atoms with Crippen LogP contribution in [0.3, 0.4) is 0 Å². The van der Waals surface area contributed by atoms with Crippen LogP contribution in [-0.4, -0.2) is 34.2 Å². The fourth-order valence-electron chi connectivity index (χ4n) is 2.68. The zero-order valence-corrected chi connectivity index (χ0v) is 14.0. The summed E-state index contributed by atoms with van der Waals surface area (Å²) in [5, 5.41) is 1.48. The predicted octanol–water partition coefficient (Wildman–Crippen LogP) is 2.90. The standard InChI is InChI=1S/C16H26O3Si/c1-17-16-14(9-7-11-18-16)19-12-13-8-5-6-10-15(13)20(2,3)4/h5-6,8,10,14,16H,7,9,11-12H2,1-4H3/t14-,16-/m0/s1. The third kappa shape index (κ3) is 3.91. The van der Waals surface area contributed by atoms with Crippen molar-refractivity contribution in [1.82, 2.24) is 0 Å². The molecule has 0 aliphatic carbocycles. The predicted molar refractivity (Wildman–Crippen MR) is 84.0 cm³/mol. The van der Waals surface area contributed by atoms with Crippen LogP contribution in [0.2, 0.25) is 19.6 Å².